The molecule has 1 aliphatic carbocycles. The molecule has 2 atom stereocenters. The van der Waals surface area contributed by atoms with Crippen molar-refractivity contribution in [3.8, 4) is 0 Å². The van der Waals surface area contributed by atoms with Crippen LogP contribution in [0.25, 0.3) is 10.2 Å². The summed E-state index contributed by atoms with van der Waals surface area (Å²) in [6.45, 7) is 3.80. The average molecular weight is 424 g/mol. The van der Waals surface area contributed by atoms with Gasteiger partial charge in [-0.2, -0.15) is 0 Å². The van der Waals surface area contributed by atoms with E-state index >= 15 is 0 Å². The highest BCUT2D eigenvalue weighted by Crippen LogP contribution is 2.34. The summed E-state index contributed by atoms with van der Waals surface area (Å²) in [7, 11) is -3.10. The molecule has 7 nitrogen and oxygen atoms in total. The first-order valence-corrected chi connectivity index (χ1v) is 12.5. The van der Waals surface area contributed by atoms with Crippen molar-refractivity contribution < 1.29 is 13.2 Å². The summed E-state index contributed by atoms with van der Waals surface area (Å²) >= 11 is 1.58. The van der Waals surface area contributed by atoms with Gasteiger partial charge in [-0.05, 0) is 44.6 Å². The molecule has 2 aromatic heterocycles. The van der Waals surface area contributed by atoms with Gasteiger partial charge >= 0.3 is 0 Å². The van der Waals surface area contributed by atoms with Gasteiger partial charge < -0.3 is 4.90 Å². The Morgan fingerprint density at radius 1 is 1.43 bits per heavy atom. The highest BCUT2D eigenvalue weighted by Gasteiger charge is 2.36. The maximum Gasteiger partial charge on any atom is 0.262 e. The molecular formula is C19H25N3O4S2. The molecule has 1 aliphatic heterocycles. The standard InChI is InChI=1S/C19H25N3O4S2/c1-3-12(2)22(13-7-8-28(25,26)10-13)16(23)9-21-11-20-18-17(19(21)24)14-5-4-6-15(14)27-18/h11-13H,3-10H2,1-2H3/t12-,13-/m1/s1. The summed E-state index contributed by atoms with van der Waals surface area (Å²) in [6, 6.07) is -0.395. The van der Waals surface area contributed by atoms with Crippen LogP contribution >= 0.6 is 11.3 Å². The first-order chi connectivity index (χ1) is 13.3. The van der Waals surface area contributed by atoms with Gasteiger partial charge in [-0.3, -0.25) is 14.2 Å². The van der Waals surface area contributed by atoms with Crippen LogP contribution in [0.4, 0.5) is 0 Å². The van der Waals surface area contributed by atoms with Crippen LogP contribution in [0.5, 0.6) is 0 Å². The summed E-state index contributed by atoms with van der Waals surface area (Å²) in [5, 5.41) is 0.659. The van der Waals surface area contributed by atoms with Crippen molar-refractivity contribution in [1.29, 1.82) is 0 Å². The van der Waals surface area contributed by atoms with Gasteiger partial charge in [-0.15, -0.1) is 11.3 Å². The number of carbonyl (C=O) groups is 1. The molecule has 3 heterocycles. The lowest BCUT2D eigenvalue weighted by atomic mass is 10.1. The fourth-order valence-corrected chi connectivity index (χ4v) is 7.29. The van der Waals surface area contributed by atoms with Gasteiger partial charge in [-0.25, -0.2) is 13.4 Å². The van der Waals surface area contributed by atoms with E-state index in [0.717, 1.165) is 36.1 Å². The van der Waals surface area contributed by atoms with E-state index in [0.29, 0.717) is 11.8 Å². The zero-order valence-corrected chi connectivity index (χ0v) is 17.8. The summed E-state index contributed by atoms with van der Waals surface area (Å²) in [5.74, 6) is -0.0914. The molecule has 2 aliphatic rings. The minimum absolute atomic E-state index is 0.00724. The number of carbonyl (C=O) groups excluding carboxylic acids is 1. The van der Waals surface area contributed by atoms with Gasteiger partial charge in [0.1, 0.15) is 11.4 Å². The second-order valence-electron chi connectivity index (χ2n) is 7.83. The second-order valence-corrected chi connectivity index (χ2v) is 11.1. The third-order valence-electron chi connectivity index (χ3n) is 5.95. The van der Waals surface area contributed by atoms with Crippen LogP contribution in [-0.2, 0) is 34.0 Å². The van der Waals surface area contributed by atoms with E-state index in [4.69, 9.17) is 0 Å². The van der Waals surface area contributed by atoms with Crippen molar-refractivity contribution in [2.24, 2.45) is 0 Å². The van der Waals surface area contributed by atoms with Crippen LogP contribution in [0.2, 0.25) is 0 Å². The third-order valence-corrected chi connectivity index (χ3v) is 8.90. The van der Waals surface area contributed by atoms with Gasteiger partial charge in [0.2, 0.25) is 5.91 Å². The summed E-state index contributed by atoms with van der Waals surface area (Å²) in [4.78, 5) is 34.2. The molecule has 2 aromatic rings. The fourth-order valence-electron chi connectivity index (χ4n) is 4.36. The van der Waals surface area contributed by atoms with Crippen LogP contribution in [0.3, 0.4) is 0 Å². The van der Waals surface area contributed by atoms with Crippen LogP contribution in [0, 0.1) is 0 Å². The smallest absolute Gasteiger partial charge is 0.262 e. The molecule has 9 heteroatoms. The zero-order valence-electron chi connectivity index (χ0n) is 16.2. The van der Waals surface area contributed by atoms with E-state index in [-0.39, 0.29) is 41.6 Å². The average Bonchev–Trinajstić information content (AvgIpc) is 3.31. The number of amides is 1. The van der Waals surface area contributed by atoms with E-state index in [9.17, 15) is 18.0 Å². The number of thiophene rings is 1. The Morgan fingerprint density at radius 3 is 2.89 bits per heavy atom. The maximum absolute atomic E-state index is 13.1. The summed E-state index contributed by atoms with van der Waals surface area (Å²) < 4.78 is 25.2. The lowest BCUT2D eigenvalue weighted by molar-refractivity contribution is -0.136. The van der Waals surface area contributed by atoms with E-state index in [1.807, 2.05) is 13.8 Å². The lowest BCUT2D eigenvalue weighted by Crippen LogP contribution is -2.48. The fraction of sp³-hybridized carbons (Fsp3) is 0.632. The number of aryl methyl sites for hydroxylation is 2. The Labute approximate surface area is 168 Å². The van der Waals surface area contributed by atoms with E-state index in [2.05, 4.69) is 4.98 Å². The molecule has 1 saturated heterocycles. The van der Waals surface area contributed by atoms with E-state index in [1.165, 1.54) is 15.8 Å². The van der Waals surface area contributed by atoms with Crippen molar-refractivity contribution in [3.05, 3.63) is 27.1 Å². The first kappa shape index (κ1) is 19.6. The SMILES string of the molecule is CC[C@@H](C)N(C(=O)Cn1cnc2sc3c(c2c1=O)CCC3)[C@@H]1CCS(=O)(=O)C1. The van der Waals surface area contributed by atoms with E-state index in [1.54, 1.807) is 16.2 Å². The number of aromatic nitrogens is 2. The summed E-state index contributed by atoms with van der Waals surface area (Å²) in [5.41, 5.74) is 0.931. The molecule has 0 aromatic carbocycles. The Balaban J connectivity index is 1.64. The molecule has 152 valence electrons. The molecule has 0 N–H and O–H groups in total. The predicted octanol–water partition coefficient (Wildman–Crippen LogP) is 1.76. The molecule has 1 fully saturated rings. The predicted molar refractivity (Wildman–Crippen MR) is 110 cm³/mol. The van der Waals surface area contributed by atoms with Gasteiger partial charge in [0, 0.05) is 17.0 Å². The van der Waals surface area contributed by atoms with Crippen LogP contribution in [0.15, 0.2) is 11.1 Å². The number of sulfone groups is 1. The molecule has 4 rings (SSSR count). The topological polar surface area (TPSA) is 89.3 Å². The molecule has 0 radical (unpaired) electrons. The molecule has 28 heavy (non-hydrogen) atoms. The Hall–Kier alpha value is -1.74. The van der Waals surface area contributed by atoms with E-state index < -0.39 is 9.84 Å². The Bertz CT molecular complexity index is 1090. The minimum atomic E-state index is -3.10. The first-order valence-electron chi connectivity index (χ1n) is 9.82. The van der Waals surface area contributed by atoms with Crippen molar-refractivity contribution in [2.45, 2.75) is 64.6 Å². The highest BCUT2D eigenvalue weighted by molar-refractivity contribution is 7.91. The van der Waals surface area contributed by atoms with Crippen molar-refractivity contribution in [1.82, 2.24) is 14.5 Å². The number of hydrogen-bond donors (Lipinski definition) is 0. The van der Waals surface area contributed by atoms with Crippen LogP contribution in [-0.4, -0.2) is 52.4 Å². The number of rotatable bonds is 5. The third kappa shape index (κ3) is 3.39. The highest BCUT2D eigenvalue weighted by atomic mass is 32.2. The van der Waals surface area contributed by atoms with Crippen LogP contribution in [0.1, 0.15) is 43.6 Å². The molecule has 0 bridgehead atoms. The van der Waals surface area contributed by atoms with Crippen molar-refractivity contribution >= 4 is 37.3 Å². The number of nitrogens with zero attached hydrogens (tertiary/aromatic N) is 3. The molecule has 0 saturated carbocycles. The molecular weight excluding hydrogens is 398 g/mol. The monoisotopic (exact) mass is 423 g/mol. The quantitative estimate of drug-likeness (QED) is 0.731. The largest absolute Gasteiger partial charge is 0.334 e. The molecule has 0 unspecified atom stereocenters. The molecule has 0 spiro atoms. The summed E-state index contributed by atoms with van der Waals surface area (Å²) in [6.07, 6.45) is 5.59. The Kier molecular flexibility index (Phi) is 5.07. The van der Waals surface area contributed by atoms with Crippen LogP contribution < -0.4 is 5.56 Å². The molecule has 1 amide bonds. The number of hydrogen-bond acceptors (Lipinski definition) is 6. The van der Waals surface area contributed by atoms with Gasteiger partial charge in [0.15, 0.2) is 9.84 Å². The van der Waals surface area contributed by atoms with Crippen molar-refractivity contribution in [2.75, 3.05) is 11.5 Å². The number of fused-ring (bicyclic) bond motifs is 3. The zero-order chi connectivity index (χ0) is 20.1. The van der Waals surface area contributed by atoms with Gasteiger partial charge in [0.25, 0.3) is 5.56 Å². The van der Waals surface area contributed by atoms with Crippen molar-refractivity contribution in [3.63, 3.8) is 0 Å². The second kappa shape index (κ2) is 7.26. The normalized spacial score (nSPS) is 21.7. The Morgan fingerprint density at radius 2 is 2.21 bits per heavy atom. The maximum atomic E-state index is 13.1. The van der Waals surface area contributed by atoms with Gasteiger partial charge in [0.05, 0.1) is 23.2 Å². The van der Waals surface area contributed by atoms with Gasteiger partial charge in [-0.1, -0.05) is 6.92 Å². The minimum Gasteiger partial charge on any atom is -0.334 e. The lowest BCUT2D eigenvalue weighted by Gasteiger charge is -2.33.